The summed E-state index contributed by atoms with van der Waals surface area (Å²) in [4.78, 5) is 0. The second-order valence-corrected chi connectivity index (χ2v) is 5.36. The number of benzene rings is 2. The minimum Gasteiger partial charge on any atom is -0.457 e. The number of aliphatic hydroxyl groups is 1. The molecule has 2 aromatic carbocycles. The summed E-state index contributed by atoms with van der Waals surface area (Å²) in [6.07, 6.45) is 0. The maximum atomic E-state index is 13.3. The van der Waals surface area contributed by atoms with Crippen molar-refractivity contribution >= 4 is 31.9 Å². The topological polar surface area (TPSA) is 29.5 Å². The summed E-state index contributed by atoms with van der Waals surface area (Å²) in [6, 6.07) is 9.77. The molecule has 0 bridgehead atoms. The molecule has 0 heterocycles. The zero-order valence-electron chi connectivity index (χ0n) is 9.16. The van der Waals surface area contributed by atoms with Crippen LogP contribution in [0.2, 0.25) is 0 Å². The fourth-order valence-electron chi connectivity index (χ4n) is 1.44. The van der Waals surface area contributed by atoms with E-state index >= 15 is 0 Å². The van der Waals surface area contributed by atoms with E-state index in [0.29, 0.717) is 21.5 Å². The molecule has 0 saturated heterocycles. The maximum absolute atomic E-state index is 13.3. The number of halogens is 3. The number of rotatable bonds is 3. The number of hydrogen-bond donors (Lipinski definition) is 1. The Labute approximate surface area is 121 Å². The van der Waals surface area contributed by atoms with Crippen LogP contribution in [-0.4, -0.2) is 5.11 Å². The standard InChI is InChI=1S/C13H9Br2FO2/c14-9-1-4-13(8(5-9)7-17)18-10-2-3-11(15)12(16)6-10/h1-6,17H,7H2. The third-order valence-corrected chi connectivity index (χ3v) is 3.45. The summed E-state index contributed by atoms with van der Waals surface area (Å²) in [5, 5.41) is 9.24. The predicted octanol–water partition coefficient (Wildman–Crippen LogP) is 4.64. The fraction of sp³-hybridized carbons (Fsp3) is 0.0769. The van der Waals surface area contributed by atoms with E-state index in [-0.39, 0.29) is 6.61 Å². The van der Waals surface area contributed by atoms with Crippen molar-refractivity contribution in [3.63, 3.8) is 0 Å². The van der Waals surface area contributed by atoms with Gasteiger partial charge >= 0.3 is 0 Å². The molecule has 0 fully saturated rings. The van der Waals surface area contributed by atoms with Gasteiger partial charge in [-0.1, -0.05) is 15.9 Å². The Bertz CT molecular complexity index is 573. The Morgan fingerprint density at radius 1 is 1.11 bits per heavy atom. The van der Waals surface area contributed by atoms with Gasteiger partial charge in [-0.3, -0.25) is 0 Å². The normalized spacial score (nSPS) is 10.4. The van der Waals surface area contributed by atoms with Gasteiger partial charge in [0.2, 0.25) is 0 Å². The van der Waals surface area contributed by atoms with E-state index in [4.69, 9.17) is 4.74 Å². The van der Waals surface area contributed by atoms with Crippen LogP contribution in [0.25, 0.3) is 0 Å². The molecule has 5 heteroatoms. The molecular formula is C13H9Br2FO2. The van der Waals surface area contributed by atoms with Gasteiger partial charge in [-0.15, -0.1) is 0 Å². The van der Waals surface area contributed by atoms with Crippen LogP contribution in [0.1, 0.15) is 5.56 Å². The molecule has 2 aromatic rings. The first-order valence-corrected chi connectivity index (χ1v) is 6.71. The first-order valence-electron chi connectivity index (χ1n) is 5.12. The van der Waals surface area contributed by atoms with Crippen LogP contribution in [0.4, 0.5) is 4.39 Å². The molecule has 0 aromatic heterocycles. The van der Waals surface area contributed by atoms with Crippen LogP contribution in [0.5, 0.6) is 11.5 Å². The van der Waals surface area contributed by atoms with E-state index in [1.54, 1.807) is 30.3 Å². The van der Waals surface area contributed by atoms with Crippen molar-refractivity contribution < 1.29 is 14.2 Å². The van der Waals surface area contributed by atoms with Crippen molar-refractivity contribution in [2.24, 2.45) is 0 Å². The van der Waals surface area contributed by atoms with Gasteiger partial charge in [-0.05, 0) is 46.3 Å². The van der Waals surface area contributed by atoms with Crippen molar-refractivity contribution in [3.8, 4) is 11.5 Å². The highest BCUT2D eigenvalue weighted by Gasteiger charge is 2.07. The predicted molar refractivity (Wildman–Crippen MR) is 74.2 cm³/mol. The van der Waals surface area contributed by atoms with Crippen molar-refractivity contribution in [1.29, 1.82) is 0 Å². The van der Waals surface area contributed by atoms with E-state index in [1.807, 2.05) is 0 Å². The van der Waals surface area contributed by atoms with Gasteiger partial charge in [0, 0.05) is 16.1 Å². The molecule has 0 aliphatic rings. The Hall–Kier alpha value is -0.910. The molecule has 2 rings (SSSR count). The van der Waals surface area contributed by atoms with Crippen LogP contribution in [0.3, 0.4) is 0 Å². The summed E-state index contributed by atoms with van der Waals surface area (Å²) in [7, 11) is 0. The SMILES string of the molecule is OCc1cc(Br)ccc1Oc1ccc(Br)c(F)c1. The molecule has 0 aliphatic carbocycles. The van der Waals surface area contributed by atoms with Crippen LogP contribution >= 0.6 is 31.9 Å². The van der Waals surface area contributed by atoms with Crippen LogP contribution in [0.15, 0.2) is 45.3 Å². The molecule has 0 saturated carbocycles. The molecule has 2 nitrogen and oxygen atoms in total. The molecule has 0 radical (unpaired) electrons. The summed E-state index contributed by atoms with van der Waals surface area (Å²) in [5.41, 5.74) is 0.632. The van der Waals surface area contributed by atoms with Gasteiger partial charge in [-0.2, -0.15) is 0 Å². The van der Waals surface area contributed by atoms with Crippen molar-refractivity contribution in [2.75, 3.05) is 0 Å². The average Bonchev–Trinajstić information content (AvgIpc) is 2.36. The quantitative estimate of drug-likeness (QED) is 0.847. The van der Waals surface area contributed by atoms with Crippen molar-refractivity contribution in [2.45, 2.75) is 6.61 Å². The lowest BCUT2D eigenvalue weighted by Gasteiger charge is -2.10. The van der Waals surface area contributed by atoms with E-state index in [1.165, 1.54) is 6.07 Å². The molecular weight excluding hydrogens is 367 g/mol. The monoisotopic (exact) mass is 374 g/mol. The smallest absolute Gasteiger partial charge is 0.141 e. The number of aliphatic hydroxyl groups excluding tert-OH is 1. The highest BCUT2D eigenvalue weighted by atomic mass is 79.9. The van der Waals surface area contributed by atoms with Crippen molar-refractivity contribution in [3.05, 3.63) is 56.7 Å². The Morgan fingerprint density at radius 3 is 2.56 bits per heavy atom. The van der Waals surface area contributed by atoms with Gasteiger partial charge in [0.05, 0.1) is 11.1 Å². The van der Waals surface area contributed by atoms with Crippen LogP contribution < -0.4 is 4.74 Å². The zero-order chi connectivity index (χ0) is 13.1. The first-order chi connectivity index (χ1) is 8.60. The highest BCUT2D eigenvalue weighted by Crippen LogP contribution is 2.29. The van der Waals surface area contributed by atoms with E-state index in [9.17, 15) is 9.50 Å². The Balaban J connectivity index is 2.30. The third kappa shape index (κ3) is 3.10. The summed E-state index contributed by atoms with van der Waals surface area (Å²) in [6.45, 7) is -0.145. The van der Waals surface area contributed by atoms with Gasteiger partial charge in [0.25, 0.3) is 0 Å². The number of hydrogen-bond acceptors (Lipinski definition) is 2. The first kappa shape index (κ1) is 13.5. The number of ether oxygens (including phenoxy) is 1. The largest absolute Gasteiger partial charge is 0.457 e. The van der Waals surface area contributed by atoms with Gasteiger partial charge in [0.15, 0.2) is 0 Å². The summed E-state index contributed by atoms with van der Waals surface area (Å²) in [5.74, 6) is 0.491. The van der Waals surface area contributed by atoms with E-state index in [0.717, 1.165) is 4.47 Å². The Kier molecular flexibility index (Phi) is 4.37. The minimum atomic E-state index is -0.393. The van der Waals surface area contributed by atoms with Crippen molar-refractivity contribution in [1.82, 2.24) is 0 Å². The lowest BCUT2D eigenvalue weighted by Crippen LogP contribution is -1.92. The lowest BCUT2D eigenvalue weighted by molar-refractivity contribution is 0.276. The third-order valence-electron chi connectivity index (χ3n) is 2.31. The summed E-state index contributed by atoms with van der Waals surface area (Å²) < 4.78 is 20.1. The van der Waals surface area contributed by atoms with Crippen LogP contribution in [-0.2, 0) is 6.61 Å². The minimum absolute atomic E-state index is 0.145. The van der Waals surface area contributed by atoms with Crippen LogP contribution in [0, 0.1) is 5.82 Å². The molecule has 94 valence electrons. The van der Waals surface area contributed by atoms with Gasteiger partial charge < -0.3 is 9.84 Å². The maximum Gasteiger partial charge on any atom is 0.141 e. The molecule has 0 spiro atoms. The average molecular weight is 376 g/mol. The van der Waals surface area contributed by atoms with E-state index in [2.05, 4.69) is 31.9 Å². The molecule has 0 amide bonds. The summed E-state index contributed by atoms with van der Waals surface area (Å²) >= 11 is 6.39. The lowest BCUT2D eigenvalue weighted by atomic mass is 10.2. The highest BCUT2D eigenvalue weighted by molar-refractivity contribution is 9.10. The molecule has 0 unspecified atom stereocenters. The molecule has 0 atom stereocenters. The second-order valence-electron chi connectivity index (χ2n) is 3.59. The van der Waals surface area contributed by atoms with Gasteiger partial charge in [-0.25, -0.2) is 4.39 Å². The zero-order valence-corrected chi connectivity index (χ0v) is 12.3. The second kappa shape index (κ2) is 5.82. The Morgan fingerprint density at radius 2 is 1.89 bits per heavy atom. The fourth-order valence-corrected chi connectivity index (χ4v) is 2.09. The molecule has 18 heavy (non-hydrogen) atoms. The van der Waals surface area contributed by atoms with E-state index < -0.39 is 5.82 Å². The molecule has 0 aliphatic heterocycles. The molecule has 1 N–H and O–H groups in total. The van der Waals surface area contributed by atoms with Gasteiger partial charge in [0.1, 0.15) is 17.3 Å².